The summed E-state index contributed by atoms with van der Waals surface area (Å²) in [5.74, 6) is 0.283. The number of rotatable bonds is 3. The number of nitrogens with one attached hydrogen (secondary N) is 1. The number of imidazole rings is 1. The number of para-hydroxylation sites is 2. The Morgan fingerprint density at radius 2 is 2.00 bits per heavy atom. The van der Waals surface area contributed by atoms with Gasteiger partial charge < -0.3 is 10.1 Å². The van der Waals surface area contributed by atoms with Crippen molar-refractivity contribution in [3.63, 3.8) is 0 Å². The lowest BCUT2D eigenvalue weighted by molar-refractivity contribution is 0.103. The van der Waals surface area contributed by atoms with Gasteiger partial charge in [0.25, 0.3) is 11.5 Å². The molecule has 1 amide bonds. The summed E-state index contributed by atoms with van der Waals surface area (Å²) in [5, 5.41) is 2.77. The zero-order valence-electron chi connectivity index (χ0n) is 13.2. The molecule has 6 nitrogen and oxygen atoms in total. The monoisotopic (exact) mass is 351 g/mol. The average molecular weight is 351 g/mol. The second kappa shape index (κ2) is 6.03. The largest absolute Gasteiger partial charge is 0.497 e. The molecule has 2 heterocycles. The molecule has 0 unspecified atom stereocenters. The molecule has 2 aromatic heterocycles. The molecular weight excluding hydrogens is 338 g/mol. The molecule has 0 spiro atoms. The summed E-state index contributed by atoms with van der Waals surface area (Å²) < 4.78 is 6.66. The van der Waals surface area contributed by atoms with Crippen LogP contribution in [0.1, 0.15) is 9.67 Å². The minimum Gasteiger partial charge on any atom is -0.497 e. The van der Waals surface area contributed by atoms with E-state index >= 15 is 0 Å². The van der Waals surface area contributed by atoms with E-state index in [0.717, 1.165) is 11.0 Å². The van der Waals surface area contributed by atoms with Gasteiger partial charge in [-0.1, -0.05) is 29.5 Å². The number of anilines is 1. The quantitative estimate of drug-likeness (QED) is 0.615. The molecule has 124 valence electrons. The standard InChI is InChI=1S/C18H13N3O3S/c1-24-12-6-4-5-11(9-12)19-17(23)15-10-16(22)21-14-8-3-2-7-13(14)20-18(21)25-15/h2-10H,1H3,(H,19,23). The van der Waals surface area contributed by atoms with E-state index in [0.29, 0.717) is 21.3 Å². The highest BCUT2D eigenvalue weighted by Gasteiger charge is 2.14. The topological polar surface area (TPSA) is 72.7 Å². The van der Waals surface area contributed by atoms with Crippen molar-refractivity contribution in [2.45, 2.75) is 0 Å². The zero-order valence-corrected chi connectivity index (χ0v) is 14.0. The number of hydrogen-bond donors (Lipinski definition) is 1. The maximum atomic E-state index is 12.5. The van der Waals surface area contributed by atoms with Gasteiger partial charge in [-0.3, -0.25) is 14.0 Å². The number of carbonyl (C=O) groups is 1. The lowest BCUT2D eigenvalue weighted by Crippen LogP contribution is -2.17. The molecule has 0 atom stereocenters. The van der Waals surface area contributed by atoms with Crippen molar-refractivity contribution in [2.24, 2.45) is 0 Å². The van der Waals surface area contributed by atoms with Gasteiger partial charge in [-0.15, -0.1) is 0 Å². The van der Waals surface area contributed by atoms with Crippen molar-refractivity contribution >= 4 is 38.9 Å². The minimum atomic E-state index is -0.357. The first kappa shape index (κ1) is 15.3. The van der Waals surface area contributed by atoms with Crippen LogP contribution in [0.5, 0.6) is 5.75 Å². The Hall–Kier alpha value is -3.19. The van der Waals surface area contributed by atoms with Crippen LogP contribution in [0.3, 0.4) is 0 Å². The first-order chi connectivity index (χ1) is 12.2. The molecule has 0 aliphatic carbocycles. The van der Waals surface area contributed by atoms with Gasteiger partial charge in [0, 0.05) is 17.8 Å². The van der Waals surface area contributed by atoms with Crippen molar-refractivity contribution < 1.29 is 9.53 Å². The molecule has 0 aliphatic heterocycles. The van der Waals surface area contributed by atoms with Crippen molar-refractivity contribution in [3.05, 3.63) is 69.8 Å². The van der Waals surface area contributed by atoms with Crippen LogP contribution in [0.15, 0.2) is 59.4 Å². The number of fused-ring (bicyclic) bond motifs is 3. The molecule has 0 saturated carbocycles. The highest BCUT2D eigenvalue weighted by atomic mass is 32.1. The maximum absolute atomic E-state index is 12.5. The second-order valence-corrected chi connectivity index (χ2v) is 6.36. The van der Waals surface area contributed by atoms with Crippen LogP contribution in [-0.2, 0) is 0 Å². The molecule has 4 rings (SSSR count). The second-order valence-electron chi connectivity index (χ2n) is 5.35. The molecule has 0 fully saturated rings. The minimum absolute atomic E-state index is 0.279. The fourth-order valence-corrected chi connectivity index (χ4v) is 3.52. The van der Waals surface area contributed by atoms with Crippen LogP contribution in [0.25, 0.3) is 16.0 Å². The number of benzene rings is 2. The molecule has 0 saturated heterocycles. The summed E-state index contributed by atoms with van der Waals surface area (Å²) in [6, 6.07) is 15.8. The van der Waals surface area contributed by atoms with Gasteiger partial charge in [-0.25, -0.2) is 4.98 Å². The lowest BCUT2D eigenvalue weighted by atomic mass is 10.3. The highest BCUT2D eigenvalue weighted by Crippen LogP contribution is 2.21. The van der Waals surface area contributed by atoms with E-state index in [-0.39, 0.29) is 11.5 Å². The fourth-order valence-electron chi connectivity index (χ4n) is 2.60. The molecule has 0 radical (unpaired) electrons. The van der Waals surface area contributed by atoms with Crippen LogP contribution >= 0.6 is 11.3 Å². The zero-order chi connectivity index (χ0) is 17.4. The number of methoxy groups -OCH3 is 1. The van der Waals surface area contributed by atoms with Crippen molar-refractivity contribution in [3.8, 4) is 5.75 Å². The van der Waals surface area contributed by atoms with Crippen LogP contribution in [0.4, 0.5) is 5.69 Å². The van der Waals surface area contributed by atoms with E-state index in [1.54, 1.807) is 31.4 Å². The van der Waals surface area contributed by atoms with Gasteiger partial charge in [-0.2, -0.15) is 0 Å². The Morgan fingerprint density at radius 3 is 2.84 bits per heavy atom. The third-order valence-electron chi connectivity index (χ3n) is 3.76. The normalized spacial score (nSPS) is 10.9. The molecule has 4 aromatic rings. The van der Waals surface area contributed by atoms with Crippen LogP contribution < -0.4 is 15.6 Å². The third-order valence-corrected chi connectivity index (χ3v) is 4.74. The van der Waals surface area contributed by atoms with E-state index in [9.17, 15) is 9.59 Å². The van der Waals surface area contributed by atoms with Crippen molar-refractivity contribution in [1.29, 1.82) is 0 Å². The predicted molar refractivity (Wildman–Crippen MR) is 97.8 cm³/mol. The van der Waals surface area contributed by atoms with Crippen molar-refractivity contribution in [1.82, 2.24) is 9.38 Å². The summed E-state index contributed by atoms with van der Waals surface area (Å²) in [4.78, 5) is 30.2. The van der Waals surface area contributed by atoms with Gasteiger partial charge >= 0.3 is 0 Å². The number of carbonyl (C=O) groups excluding carboxylic acids is 1. The van der Waals surface area contributed by atoms with Crippen LogP contribution in [-0.4, -0.2) is 22.4 Å². The van der Waals surface area contributed by atoms with Gasteiger partial charge in [0.2, 0.25) is 0 Å². The van der Waals surface area contributed by atoms with E-state index in [2.05, 4.69) is 10.3 Å². The molecule has 25 heavy (non-hydrogen) atoms. The maximum Gasteiger partial charge on any atom is 0.266 e. The summed E-state index contributed by atoms with van der Waals surface area (Å²) >= 11 is 1.17. The number of amides is 1. The van der Waals surface area contributed by atoms with Gasteiger partial charge in [0.15, 0.2) is 4.96 Å². The third kappa shape index (κ3) is 2.74. The summed E-state index contributed by atoms with van der Waals surface area (Å²) in [5.41, 5.74) is 1.77. The number of hydrogen-bond acceptors (Lipinski definition) is 5. The molecular formula is C18H13N3O3S. The summed E-state index contributed by atoms with van der Waals surface area (Å²) in [6.07, 6.45) is 0. The van der Waals surface area contributed by atoms with Crippen molar-refractivity contribution in [2.75, 3.05) is 12.4 Å². The van der Waals surface area contributed by atoms with Crippen LogP contribution in [0, 0.1) is 0 Å². The number of ether oxygens (including phenoxy) is 1. The predicted octanol–water partition coefficient (Wildman–Crippen LogP) is 3.17. The van der Waals surface area contributed by atoms with Gasteiger partial charge in [-0.05, 0) is 24.3 Å². The summed E-state index contributed by atoms with van der Waals surface area (Å²) in [7, 11) is 1.56. The number of aromatic nitrogens is 2. The average Bonchev–Trinajstić information content (AvgIpc) is 3.00. The summed E-state index contributed by atoms with van der Waals surface area (Å²) in [6.45, 7) is 0. The first-order valence-corrected chi connectivity index (χ1v) is 8.34. The van der Waals surface area contributed by atoms with E-state index < -0.39 is 0 Å². The van der Waals surface area contributed by atoms with Gasteiger partial charge in [0.05, 0.1) is 18.1 Å². The van der Waals surface area contributed by atoms with Gasteiger partial charge in [0.1, 0.15) is 10.6 Å². The Morgan fingerprint density at radius 1 is 1.16 bits per heavy atom. The van der Waals surface area contributed by atoms with E-state index in [1.807, 2.05) is 24.3 Å². The molecule has 7 heteroatoms. The number of nitrogens with zero attached hydrogens (tertiary/aromatic N) is 2. The first-order valence-electron chi connectivity index (χ1n) is 7.52. The molecule has 2 aromatic carbocycles. The SMILES string of the molecule is COc1cccc(NC(=O)c2cc(=O)n3c(nc4ccccc43)s2)c1. The lowest BCUT2D eigenvalue weighted by Gasteiger charge is -2.06. The Kier molecular flexibility index (Phi) is 3.70. The molecule has 1 N–H and O–H groups in total. The Labute approximate surface area is 146 Å². The van der Waals surface area contributed by atoms with Crippen LogP contribution in [0.2, 0.25) is 0 Å². The van der Waals surface area contributed by atoms with E-state index in [4.69, 9.17) is 4.74 Å². The smallest absolute Gasteiger partial charge is 0.266 e. The Bertz CT molecular complexity index is 1160. The molecule has 0 bridgehead atoms. The highest BCUT2D eigenvalue weighted by molar-refractivity contribution is 7.18. The fraction of sp³-hybridized carbons (Fsp3) is 0.0556. The Balaban J connectivity index is 1.74. The van der Waals surface area contributed by atoms with E-state index in [1.165, 1.54) is 21.8 Å². The molecule has 0 aliphatic rings.